The molecule has 15 heavy (non-hydrogen) atoms. The Bertz CT molecular complexity index is 595. The molecular formula is C11H9N3O. The van der Waals surface area contributed by atoms with Crippen LogP contribution >= 0.6 is 0 Å². The van der Waals surface area contributed by atoms with Crippen LogP contribution in [0.4, 0.5) is 0 Å². The minimum absolute atomic E-state index is 0.693. The largest absolute Gasteiger partial charge is 0.336 e. The smallest absolute Gasteiger partial charge is 0.261 e. The maximum absolute atomic E-state index is 5.17. The summed E-state index contributed by atoms with van der Waals surface area (Å²) in [6.07, 6.45) is 1.69. The average molecular weight is 199 g/mol. The zero-order valence-corrected chi connectivity index (χ0v) is 8.21. The number of aryl methyl sites for hydroxylation is 1. The zero-order chi connectivity index (χ0) is 10.3. The van der Waals surface area contributed by atoms with Crippen molar-refractivity contribution in [1.29, 1.82) is 0 Å². The topological polar surface area (TPSA) is 43.9 Å². The van der Waals surface area contributed by atoms with Crippen LogP contribution in [0, 0.1) is 6.92 Å². The molecule has 0 spiro atoms. The third-order valence-corrected chi connectivity index (χ3v) is 2.38. The van der Waals surface area contributed by atoms with E-state index in [1.165, 1.54) is 0 Å². The monoisotopic (exact) mass is 199 g/mol. The van der Waals surface area contributed by atoms with Gasteiger partial charge in [-0.15, -0.1) is 0 Å². The van der Waals surface area contributed by atoms with Crippen molar-refractivity contribution in [2.75, 3.05) is 0 Å². The van der Waals surface area contributed by atoms with Crippen LogP contribution in [-0.4, -0.2) is 14.9 Å². The third kappa shape index (κ3) is 1.15. The molecule has 0 fully saturated rings. The molecule has 0 amide bonds. The summed E-state index contributed by atoms with van der Waals surface area (Å²) in [5, 5.41) is 9.13. The van der Waals surface area contributed by atoms with Gasteiger partial charge in [-0.2, -0.15) is 9.78 Å². The second kappa shape index (κ2) is 2.95. The van der Waals surface area contributed by atoms with E-state index < -0.39 is 0 Å². The third-order valence-electron chi connectivity index (χ3n) is 2.38. The van der Waals surface area contributed by atoms with Gasteiger partial charge in [0, 0.05) is 0 Å². The Kier molecular flexibility index (Phi) is 1.62. The maximum atomic E-state index is 5.17. The maximum Gasteiger partial charge on any atom is 0.261 e. The highest BCUT2D eigenvalue weighted by Crippen LogP contribution is 2.20. The number of nitrogens with zero attached hydrogens (tertiary/aromatic N) is 3. The molecule has 0 saturated carbocycles. The van der Waals surface area contributed by atoms with Crippen molar-refractivity contribution in [1.82, 2.24) is 14.9 Å². The fourth-order valence-electron chi connectivity index (χ4n) is 1.63. The lowest BCUT2D eigenvalue weighted by atomic mass is 10.3. The molecule has 2 aromatic heterocycles. The second-order valence-electron chi connectivity index (χ2n) is 3.38. The Balaban J connectivity index is 2.32. The van der Waals surface area contributed by atoms with Crippen LogP contribution in [0.15, 0.2) is 41.1 Å². The van der Waals surface area contributed by atoms with Gasteiger partial charge in [0.2, 0.25) is 0 Å². The minimum atomic E-state index is 0.693. The van der Waals surface area contributed by atoms with E-state index in [-0.39, 0.29) is 0 Å². The van der Waals surface area contributed by atoms with E-state index in [9.17, 15) is 0 Å². The summed E-state index contributed by atoms with van der Waals surface area (Å²) in [5.41, 5.74) is 2.60. The molecule has 0 N–H and O–H groups in total. The SMILES string of the molecule is Cc1nn(-c2ccccc2)c2oncc12. The first-order valence-electron chi connectivity index (χ1n) is 4.72. The van der Waals surface area contributed by atoms with Crippen molar-refractivity contribution in [3.05, 3.63) is 42.2 Å². The van der Waals surface area contributed by atoms with Crippen molar-refractivity contribution in [3.63, 3.8) is 0 Å². The Labute approximate surface area is 86.1 Å². The summed E-state index contributed by atoms with van der Waals surface area (Å²) in [7, 11) is 0. The highest BCUT2D eigenvalue weighted by atomic mass is 16.5. The van der Waals surface area contributed by atoms with Gasteiger partial charge in [0.15, 0.2) is 0 Å². The molecule has 2 heterocycles. The average Bonchev–Trinajstić information content (AvgIpc) is 2.84. The fraction of sp³-hybridized carbons (Fsp3) is 0.0909. The molecule has 0 atom stereocenters. The van der Waals surface area contributed by atoms with Crippen molar-refractivity contribution < 1.29 is 4.52 Å². The Hall–Kier alpha value is -2.10. The Morgan fingerprint density at radius 1 is 1.20 bits per heavy atom. The standard InChI is InChI=1S/C11H9N3O/c1-8-10-7-12-15-11(10)14(13-8)9-5-3-2-4-6-9/h2-7H,1H3. The van der Waals surface area contributed by atoms with Gasteiger partial charge in [-0.05, 0) is 19.1 Å². The number of hydrogen-bond acceptors (Lipinski definition) is 3. The van der Waals surface area contributed by atoms with Crippen molar-refractivity contribution in [2.24, 2.45) is 0 Å². The highest BCUT2D eigenvalue weighted by Gasteiger charge is 2.12. The van der Waals surface area contributed by atoms with Gasteiger partial charge in [-0.1, -0.05) is 23.4 Å². The Morgan fingerprint density at radius 2 is 2.00 bits per heavy atom. The van der Waals surface area contributed by atoms with Crippen molar-refractivity contribution >= 4 is 11.1 Å². The predicted octanol–water partition coefficient (Wildman–Crippen LogP) is 2.32. The van der Waals surface area contributed by atoms with Crippen LogP contribution in [0.25, 0.3) is 16.8 Å². The molecule has 0 aliphatic rings. The van der Waals surface area contributed by atoms with Crippen LogP contribution in [0.2, 0.25) is 0 Å². The first kappa shape index (κ1) is 8.23. The van der Waals surface area contributed by atoms with Crippen LogP contribution < -0.4 is 0 Å². The van der Waals surface area contributed by atoms with Gasteiger partial charge in [0.25, 0.3) is 5.71 Å². The van der Waals surface area contributed by atoms with Crippen molar-refractivity contribution in [2.45, 2.75) is 6.92 Å². The number of rotatable bonds is 1. The molecule has 3 rings (SSSR count). The first-order valence-corrected chi connectivity index (χ1v) is 4.72. The molecule has 74 valence electrons. The summed E-state index contributed by atoms with van der Waals surface area (Å²) < 4.78 is 6.94. The molecule has 4 heteroatoms. The van der Waals surface area contributed by atoms with E-state index in [1.54, 1.807) is 10.9 Å². The Morgan fingerprint density at radius 3 is 2.80 bits per heavy atom. The van der Waals surface area contributed by atoms with E-state index in [0.717, 1.165) is 16.8 Å². The van der Waals surface area contributed by atoms with E-state index in [2.05, 4.69) is 10.3 Å². The second-order valence-corrected chi connectivity index (χ2v) is 3.38. The van der Waals surface area contributed by atoms with Gasteiger partial charge in [-0.25, -0.2) is 0 Å². The molecule has 0 saturated heterocycles. The minimum Gasteiger partial charge on any atom is -0.336 e. The lowest BCUT2D eigenvalue weighted by Crippen LogP contribution is -1.95. The summed E-state index contributed by atoms with van der Waals surface area (Å²) in [6, 6.07) is 9.86. The quantitative estimate of drug-likeness (QED) is 0.604. The van der Waals surface area contributed by atoms with Gasteiger partial charge >= 0.3 is 0 Å². The molecule has 0 radical (unpaired) electrons. The predicted molar refractivity (Wildman–Crippen MR) is 55.9 cm³/mol. The van der Waals surface area contributed by atoms with Gasteiger partial charge in [0.05, 0.1) is 23.0 Å². The molecule has 0 bridgehead atoms. The molecule has 1 aromatic carbocycles. The summed E-state index contributed by atoms with van der Waals surface area (Å²) in [4.78, 5) is 0. The number of benzene rings is 1. The molecule has 0 aliphatic heterocycles. The number of fused-ring (bicyclic) bond motifs is 1. The number of aromatic nitrogens is 3. The van der Waals surface area contributed by atoms with Crippen LogP contribution in [0.1, 0.15) is 5.69 Å². The van der Waals surface area contributed by atoms with Crippen LogP contribution in [0.3, 0.4) is 0 Å². The molecule has 4 nitrogen and oxygen atoms in total. The lowest BCUT2D eigenvalue weighted by Gasteiger charge is -1.98. The van der Waals surface area contributed by atoms with Gasteiger partial charge < -0.3 is 4.52 Å². The summed E-state index contributed by atoms with van der Waals surface area (Å²) in [5.74, 6) is 0. The van der Waals surface area contributed by atoms with E-state index in [4.69, 9.17) is 4.52 Å². The summed E-state index contributed by atoms with van der Waals surface area (Å²) in [6.45, 7) is 1.94. The van der Waals surface area contributed by atoms with E-state index >= 15 is 0 Å². The van der Waals surface area contributed by atoms with Crippen LogP contribution in [-0.2, 0) is 0 Å². The lowest BCUT2D eigenvalue weighted by molar-refractivity contribution is 0.439. The van der Waals surface area contributed by atoms with Crippen molar-refractivity contribution in [3.8, 4) is 5.69 Å². The van der Waals surface area contributed by atoms with E-state index in [0.29, 0.717) is 5.71 Å². The molecule has 3 aromatic rings. The fourth-order valence-corrected chi connectivity index (χ4v) is 1.63. The normalized spacial score (nSPS) is 11.0. The summed E-state index contributed by atoms with van der Waals surface area (Å²) >= 11 is 0. The molecule has 0 aliphatic carbocycles. The molecule has 0 unspecified atom stereocenters. The van der Waals surface area contributed by atoms with Gasteiger partial charge in [0.1, 0.15) is 0 Å². The first-order chi connectivity index (χ1) is 7.36. The highest BCUT2D eigenvalue weighted by molar-refractivity contribution is 5.77. The van der Waals surface area contributed by atoms with E-state index in [1.807, 2.05) is 37.3 Å². The number of hydrogen-bond donors (Lipinski definition) is 0. The molecular weight excluding hydrogens is 190 g/mol. The zero-order valence-electron chi connectivity index (χ0n) is 8.21. The van der Waals surface area contributed by atoms with Gasteiger partial charge in [-0.3, -0.25) is 0 Å². The number of para-hydroxylation sites is 1. The van der Waals surface area contributed by atoms with Crippen LogP contribution in [0.5, 0.6) is 0 Å².